The lowest BCUT2D eigenvalue weighted by Crippen LogP contribution is -2.52. The summed E-state index contributed by atoms with van der Waals surface area (Å²) in [4.78, 5) is 39.7. The number of ether oxygens (including phenoxy) is 3. The molecule has 0 heterocycles. The molecule has 0 radical (unpaired) electrons. The van der Waals surface area contributed by atoms with Crippen molar-refractivity contribution in [2.24, 2.45) is 5.92 Å². The molecule has 40 heavy (non-hydrogen) atoms. The van der Waals surface area contributed by atoms with Crippen LogP contribution in [0, 0.1) is 5.92 Å². The van der Waals surface area contributed by atoms with Gasteiger partial charge in [0.2, 0.25) is 17.4 Å². The van der Waals surface area contributed by atoms with Crippen LogP contribution < -0.4 is 24.8 Å². The minimum absolute atomic E-state index is 0.0997. The number of fused-ring (bicyclic) bond motifs is 1. The smallest absolute Gasteiger partial charge is 0.292 e. The summed E-state index contributed by atoms with van der Waals surface area (Å²) in [7, 11) is 4.34. The number of ketones is 1. The van der Waals surface area contributed by atoms with Crippen molar-refractivity contribution >= 4 is 17.6 Å². The lowest BCUT2D eigenvalue weighted by Gasteiger charge is -2.32. The Kier molecular flexibility index (Phi) is 9.78. The van der Waals surface area contributed by atoms with Gasteiger partial charge in [0.25, 0.3) is 5.91 Å². The number of unbranched alkanes of at least 4 members (excludes halogenated alkanes) is 1. The average Bonchev–Trinajstić information content (AvgIpc) is 2.99. The van der Waals surface area contributed by atoms with E-state index in [1.807, 2.05) is 42.5 Å². The first-order valence-corrected chi connectivity index (χ1v) is 13.5. The summed E-state index contributed by atoms with van der Waals surface area (Å²) >= 11 is 0. The van der Waals surface area contributed by atoms with Crippen LogP contribution in [-0.4, -0.2) is 51.5 Å². The zero-order valence-corrected chi connectivity index (χ0v) is 23.2. The van der Waals surface area contributed by atoms with Crippen molar-refractivity contribution < 1.29 is 28.6 Å². The molecule has 0 aromatic heterocycles. The Morgan fingerprint density at radius 1 is 0.800 bits per heavy atom. The third kappa shape index (κ3) is 6.81. The molecule has 0 saturated heterocycles. The van der Waals surface area contributed by atoms with Crippen LogP contribution in [0.5, 0.6) is 17.2 Å². The number of carbonyl (C=O) groups is 3. The number of hydrogen-bond donors (Lipinski definition) is 2. The maximum absolute atomic E-state index is 13.3. The number of aryl methyl sites for hydroxylation is 1. The van der Waals surface area contributed by atoms with Crippen molar-refractivity contribution in [1.29, 1.82) is 0 Å². The minimum atomic E-state index is -0.792. The average molecular weight is 545 g/mol. The van der Waals surface area contributed by atoms with E-state index in [0.29, 0.717) is 25.1 Å². The predicted octanol–water partition coefficient (Wildman–Crippen LogP) is 3.93. The first kappa shape index (κ1) is 28.7. The molecule has 8 heteroatoms. The molecule has 0 unspecified atom stereocenters. The Morgan fingerprint density at radius 2 is 1.43 bits per heavy atom. The highest BCUT2D eigenvalue weighted by atomic mass is 16.5. The maximum Gasteiger partial charge on any atom is 0.292 e. The van der Waals surface area contributed by atoms with Crippen LogP contribution in [0.15, 0.2) is 66.7 Å². The van der Waals surface area contributed by atoms with Crippen LogP contribution in [0.3, 0.4) is 0 Å². The fourth-order valence-corrected chi connectivity index (χ4v) is 5.16. The van der Waals surface area contributed by atoms with Crippen molar-refractivity contribution in [3.63, 3.8) is 0 Å². The molecule has 3 aromatic carbocycles. The van der Waals surface area contributed by atoms with Gasteiger partial charge in [0.1, 0.15) is 0 Å². The van der Waals surface area contributed by atoms with E-state index in [4.69, 9.17) is 14.2 Å². The third-order valence-electron chi connectivity index (χ3n) is 7.30. The Labute approximate surface area is 235 Å². The van der Waals surface area contributed by atoms with Gasteiger partial charge in [0.15, 0.2) is 11.5 Å². The largest absolute Gasteiger partial charge is 0.493 e. The second kappa shape index (κ2) is 13.6. The van der Waals surface area contributed by atoms with Gasteiger partial charge in [-0.05, 0) is 60.9 Å². The fourth-order valence-electron chi connectivity index (χ4n) is 5.16. The first-order valence-electron chi connectivity index (χ1n) is 13.5. The minimum Gasteiger partial charge on any atom is -0.493 e. The standard InChI is InChI=1S/C32H36N2O6/c1-38-27-19-24(20-28(39-2)30(27)40-3)29(35)32(37)34-26-18-23-15-8-7-14-22(23)17-25(26)31(36)33-16-10-9-13-21-11-5-4-6-12-21/h4-8,11-12,14-15,19-20,25-26H,9-10,13,16-18H2,1-3H3,(H,33,36)(H,34,37)/t25-,26-/m1/s1. The lowest BCUT2D eigenvalue weighted by atomic mass is 9.79. The van der Waals surface area contributed by atoms with Crippen molar-refractivity contribution in [3.8, 4) is 17.2 Å². The molecule has 3 aromatic rings. The molecule has 0 saturated carbocycles. The van der Waals surface area contributed by atoms with Gasteiger partial charge in [-0.2, -0.15) is 0 Å². The Hall–Kier alpha value is -4.33. The molecule has 2 amide bonds. The van der Waals surface area contributed by atoms with Crippen LogP contribution in [0.2, 0.25) is 0 Å². The molecule has 2 N–H and O–H groups in total. The Balaban J connectivity index is 1.43. The molecule has 4 rings (SSSR count). The normalized spacial score (nSPS) is 15.9. The van der Waals surface area contributed by atoms with E-state index in [0.717, 1.165) is 30.4 Å². The molecule has 0 fully saturated rings. The van der Waals surface area contributed by atoms with E-state index in [9.17, 15) is 14.4 Å². The Bertz CT molecular complexity index is 1320. The summed E-state index contributed by atoms with van der Waals surface area (Å²) in [6.45, 7) is 0.550. The number of amides is 2. The zero-order chi connectivity index (χ0) is 28.5. The molecular weight excluding hydrogens is 508 g/mol. The van der Waals surface area contributed by atoms with Crippen molar-refractivity contribution in [2.75, 3.05) is 27.9 Å². The molecule has 0 aliphatic heterocycles. The summed E-state index contributed by atoms with van der Waals surface area (Å²) in [6.07, 6.45) is 3.70. The fraction of sp³-hybridized carbons (Fsp3) is 0.344. The molecule has 210 valence electrons. The van der Waals surface area contributed by atoms with Gasteiger partial charge in [-0.1, -0.05) is 54.6 Å². The predicted molar refractivity (Wildman–Crippen MR) is 152 cm³/mol. The lowest BCUT2D eigenvalue weighted by molar-refractivity contribution is -0.127. The number of rotatable bonds is 12. The van der Waals surface area contributed by atoms with Gasteiger partial charge in [-0.25, -0.2) is 0 Å². The highest BCUT2D eigenvalue weighted by Gasteiger charge is 2.35. The van der Waals surface area contributed by atoms with Gasteiger partial charge < -0.3 is 24.8 Å². The Morgan fingerprint density at radius 3 is 2.05 bits per heavy atom. The van der Waals surface area contributed by atoms with Gasteiger partial charge in [0.05, 0.1) is 27.2 Å². The molecule has 8 nitrogen and oxygen atoms in total. The van der Waals surface area contributed by atoms with Gasteiger partial charge >= 0.3 is 0 Å². The summed E-state index contributed by atoms with van der Waals surface area (Å²) in [5, 5.41) is 5.91. The van der Waals surface area contributed by atoms with Crippen LogP contribution >= 0.6 is 0 Å². The van der Waals surface area contributed by atoms with Crippen LogP contribution in [0.4, 0.5) is 0 Å². The summed E-state index contributed by atoms with van der Waals surface area (Å²) < 4.78 is 16.0. The SMILES string of the molecule is COc1cc(C(=O)C(=O)N[C@@H]2Cc3ccccc3C[C@H]2C(=O)NCCCCc2ccccc2)cc(OC)c1OC. The van der Waals surface area contributed by atoms with E-state index < -0.39 is 23.7 Å². The number of carbonyl (C=O) groups excluding carboxylic acids is 3. The van der Waals surface area contributed by atoms with Gasteiger partial charge in [-0.3, -0.25) is 14.4 Å². The number of nitrogens with one attached hydrogen (secondary N) is 2. The van der Waals surface area contributed by atoms with Crippen molar-refractivity contribution in [2.45, 2.75) is 38.1 Å². The number of hydrogen-bond acceptors (Lipinski definition) is 6. The molecular formula is C32H36N2O6. The summed E-state index contributed by atoms with van der Waals surface area (Å²) in [6, 6.07) is 20.5. The molecule has 0 bridgehead atoms. The quantitative estimate of drug-likeness (QED) is 0.204. The topological polar surface area (TPSA) is 103 Å². The van der Waals surface area contributed by atoms with Crippen LogP contribution in [0.25, 0.3) is 0 Å². The molecule has 0 spiro atoms. The molecule has 1 aliphatic rings. The molecule has 1 aliphatic carbocycles. The summed E-state index contributed by atoms with van der Waals surface area (Å²) in [5.41, 5.74) is 3.51. The highest BCUT2D eigenvalue weighted by Crippen LogP contribution is 2.38. The van der Waals surface area contributed by atoms with Crippen molar-refractivity contribution in [1.82, 2.24) is 10.6 Å². The van der Waals surface area contributed by atoms with Gasteiger partial charge in [0, 0.05) is 18.2 Å². The molecule has 2 atom stereocenters. The maximum atomic E-state index is 13.3. The third-order valence-corrected chi connectivity index (χ3v) is 7.30. The second-order valence-corrected chi connectivity index (χ2v) is 9.84. The van der Waals surface area contributed by atoms with E-state index in [-0.39, 0.29) is 23.0 Å². The van der Waals surface area contributed by atoms with E-state index in [1.54, 1.807) is 0 Å². The zero-order valence-electron chi connectivity index (χ0n) is 23.2. The van der Waals surface area contributed by atoms with Crippen molar-refractivity contribution in [3.05, 3.63) is 89.0 Å². The second-order valence-electron chi connectivity index (χ2n) is 9.84. The summed E-state index contributed by atoms with van der Waals surface area (Å²) in [5.74, 6) is -1.30. The monoisotopic (exact) mass is 544 g/mol. The van der Waals surface area contributed by atoms with E-state index in [2.05, 4.69) is 22.8 Å². The van der Waals surface area contributed by atoms with Crippen LogP contribution in [-0.2, 0) is 28.9 Å². The first-order chi connectivity index (χ1) is 19.4. The van der Waals surface area contributed by atoms with Crippen LogP contribution in [0.1, 0.15) is 39.9 Å². The van der Waals surface area contributed by atoms with Gasteiger partial charge in [-0.15, -0.1) is 0 Å². The number of benzene rings is 3. The number of Topliss-reactive ketones (excluding diaryl/α,β-unsaturated/α-hetero) is 1. The van der Waals surface area contributed by atoms with E-state index in [1.165, 1.54) is 39.0 Å². The van der Waals surface area contributed by atoms with E-state index >= 15 is 0 Å². The highest BCUT2D eigenvalue weighted by molar-refractivity contribution is 6.43. The number of methoxy groups -OCH3 is 3.